The van der Waals surface area contributed by atoms with Gasteiger partial charge in [-0.3, -0.25) is 9.59 Å². The maximum Gasteiger partial charge on any atom is 0.242 e. The van der Waals surface area contributed by atoms with Crippen molar-refractivity contribution < 1.29 is 9.59 Å². The lowest BCUT2D eigenvalue weighted by Gasteiger charge is -2.29. The van der Waals surface area contributed by atoms with Gasteiger partial charge in [-0.1, -0.05) is 72.9 Å². The maximum absolute atomic E-state index is 13.0. The van der Waals surface area contributed by atoms with E-state index in [1.54, 1.807) is 30.0 Å². The summed E-state index contributed by atoms with van der Waals surface area (Å²) >= 11 is 12.3. The smallest absolute Gasteiger partial charge is 0.242 e. The molecular weight excluding hydrogens is 395 g/mol. The van der Waals surface area contributed by atoms with Gasteiger partial charge in [-0.15, -0.1) is 0 Å². The van der Waals surface area contributed by atoms with Gasteiger partial charge in [0, 0.05) is 23.1 Å². The van der Waals surface area contributed by atoms with E-state index in [0.717, 1.165) is 24.0 Å². The number of benzene rings is 2. The number of hydrogen-bond acceptors (Lipinski definition) is 2. The minimum Gasteiger partial charge on any atom is -0.354 e. The number of nitrogens with zero attached hydrogens (tertiary/aromatic N) is 1. The average Bonchev–Trinajstić information content (AvgIpc) is 2.67. The van der Waals surface area contributed by atoms with E-state index in [1.165, 1.54) is 0 Å². The van der Waals surface area contributed by atoms with E-state index in [-0.39, 0.29) is 24.8 Å². The van der Waals surface area contributed by atoms with Gasteiger partial charge in [0.2, 0.25) is 11.8 Å². The Balaban J connectivity index is 2.20. The lowest BCUT2D eigenvalue weighted by molar-refractivity contribution is -0.140. The number of nitrogens with one attached hydrogen (secondary N) is 1. The molecule has 1 atom stereocenters. The second-order valence-electron chi connectivity index (χ2n) is 6.74. The van der Waals surface area contributed by atoms with Crippen LogP contribution in [0.4, 0.5) is 0 Å². The molecule has 0 aliphatic heterocycles. The van der Waals surface area contributed by atoms with Crippen molar-refractivity contribution in [2.45, 2.75) is 45.7 Å². The molecule has 0 fully saturated rings. The van der Waals surface area contributed by atoms with Gasteiger partial charge in [-0.2, -0.15) is 0 Å². The third kappa shape index (κ3) is 6.54. The number of carbonyl (C=O) groups is 2. The summed E-state index contributed by atoms with van der Waals surface area (Å²) in [5, 5.41) is 3.91. The first-order chi connectivity index (χ1) is 13.4. The van der Waals surface area contributed by atoms with E-state index in [0.29, 0.717) is 16.6 Å². The molecule has 6 heteroatoms. The molecule has 1 N–H and O–H groups in total. The van der Waals surface area contributed by atoms with Gasteiger partial charge < -0.3 is 10.2 Å². The number of amides is 2. The topological polar surface area (TPSA) is 49.4 Å². The van der Waals surface area contributed by atoms with Crippen molar-refractivity contribution in [3.8, 4) is 0 Å². The van der Waals surface area contributed by atoms with E-state index >= 15 is 0 Å². The van der Waals surface area contributed by atoms with Crippen molar-refractivity contribution in [3.63, 3.8) is 0 Å². The van der Waals surface area contributed by atoms with Crippen molar-refractivity contribution in [2.75, 3.05) is 6.54 Å². The third-order valence-electron chi connectivity index (χ3n) is 4.55. The maximum atomic E-state index is 13.0. The Morgan fingerprint density at radius 3 is 2.46 bits per heavy atom. The van der Waals surface area contributed by atoms with Crippen LogP contribution in [0.5, 0.6) is 0 Å². The molecule has 2 rings (SSSR count). The van der Waals surface area contributed by atoms with Crippen LogP contribution in [-0.4, -0.2) is 29.3 Å². The Kier molecular flexibility index (Phi) is 8.81. The summed E-state index contributed by atoms with van der Waals surface area (Å²) in [7, 11) is 0. The summed E-state index contributed by atoms with van der Waals surface area (Å²) in [6.07, 6.45) is 2.11. The minimum absolute atomic E-state index is 0.129. The van der Waals surface area contributed by atoms with E-state index in [2.05, 4.69) is 12.2 Å². The first-order valence-electron chi connectivity index (χ1n) is 9.47. The molecular formula is C22H26Cl2N2O2. The molecule has 1 unspecified atom stereocenters. The average molecular weight is 421 g/mol. The summed E-state index contributed by atoms with van der Waals surface area (Å²) in [5.41, 5.74) is 1.65. The number of carbonyl (C=O) groups excluding carboxylic acids is 2. The van der Waals surface area contributed by atoms with Gasteiger partial charge in [-0.05, 0) is 36.6 Å². The molecule has 0 aliphatic rings. The third-order valence-corrected chi connectivity index (χ3v) is 5.14. The van der Waals surface area contributed by atoms with Crippen molar-refractivity contribution >= 4 is 35.0 Å². The number of hydrogen-bond donors (Lipinski definition) is 1. The largest absolute Gasteiger partial charge is 0.354 e. The summed E-state index contributed by atoms with van der Waals surface area (Å²) in [4.78, 5) is 27.2. The summed E-state index contributed by atoms with van der Waals surface area (Å²) in [5.74, 6) is -0.296. The Bertz CT molecular complexity index is 796. The fourth-order valence-electron chi connectivity index (χ4n) is 2.82. The second-order valence-corrected chi connectivity index (χ2v) is 7.58. The van der Waals surface area contributed by atoms with Gasteiger partial charge in [-0.25, -0.2) is 0 Å². The second kappa shape index (κ2) is 11.1. The molecule has 0 radical (unpaired) electrons. The Morgan fingerprint density at radius 2 is 1.82 bits per heavy atom. The standard InChI is InChI=1S/C22H26Cl2N2O2/c1-3-4-12-25-22(28)16(2)26(15-18-10-11-19(23)14-20(18)24)21(27)13-17-8-6-5-7-9-17/h5-11,14,16H,3-4,12-13,15H2,1-2H3,(H,25,28). The molecule has 0 saturated carbocycles. The van der Waals surface area contributed by atoms with Crippen LogP contribution in [0, 0.1) is 0 Å². The molecule has 4 nitrogen and oxygen atoms in total. The van der Waals surface area contributed by atoms with Gasteiger partial charge in [0.1, 0.15) is 6.04 Å². The highest BCUT2D eigenvalue weighted by Gasteiger charge is 2.26. The van der Waals surface area contributed by atoms with E-state index < -0.39 is 6.04 Å². The monoisotopic (exact) mass is 420 g/mol. The van der Waals surface area contributed by atoms with Crippen LogP contribution in [0.25, 0.3) is 0 Å². The predicted octanol–water partition coefficient (Wildman–Crippen LogP) is 4.87. The molecule has 0 heterocycles. The normalized spacial score (nSPS) is 11.7. The first-order valence-corrected chi connectivity index (χ1v) is 10.2. The molecule has 2 aromatic rings. The van der Waals surface area contributed by atoms with Gasteiger partial charge in [0.25, 0.3) is 0 Å². The lowest BCUT2D eigenvalue weighted by atomic mass is 10.1. The molecule has 2 amide bonds. The molecule has 28 heavy (non-hydrogen) atoms. The van der Waals surface area contributed by atoms with E-state index in [9.17, 15) is 9.59 Å². The van der Waals surface area contributed by atoms with Crippen LogP contribution < -0.4 is 5.32 Å². The Morgan fingerprint density at radius 1 is 1.11 bits per heavy atom. The molecule has 0 aliphatic carbocycles. The summed E-state index contributed by atoms with van der Waals surface area (Å²) in [6, 6.07) is 14.0. The Labute approximate surface area is 176 Å². The Hall–Kier alpha value is -2.04. The van der Waals surface area contributed by atoms with Gasteiger partial charge in [0.05, 0.1) is 6.42 Å². The fourth-order valence-corrected chi connectivity index (χ4v) is 3.29. The summed E-state index contributed by atoms with van der Waals surface area (Å²) < 4.78 is 0. The quantitative estimate of drug-likeness (QED) is 0.588. The molecule has 0 saturated heterocycles. The summed E-state index contributed by atoms with van der Waals surface area (Å²) in [6.45, 7) is 4.65. The van der Waals surface area contributed by atoms with E-state index in [4.69, 9.17) is 23.2 Å². The molecule has 0 aromatic heterocycles. The molecule has 2 aromatic carbocycles. The van der Waals surface area contributed by atoms with E-state index in [1.807, 2.05) is 30.3 Å². The number of rotatable bonds is 9. The SMILES string of the molecule is CCCCNC(=O)C(C)N(Cc1ccc(Cl)cc1Cl)C(=O)Cc1ccccc1. The van der Waals surface area contributed by atoms with Crippen LogP contribution in [0.2, 0.25) is 10.0 Å². The number of halogens is 2. The zero-order valence-corrected chi connectivity index (χ0v) is 17.8. The van der Waals surface area contributed by atoms with Gasteiger partial charge in [0.15, 0.2) is 0 Å². The van der Waals surface area contributed by atoms with Crippen LogP contribution in [0.1, 0.15) is 37.8 Å². The highest BCUT2D eigenvalue weighted by molar-refractivity contribution is 6.35. The number of unbranched alkanes of at least 4 members (excludes halogenated alkanes) is 1. The van der Waals surface area contributed by atoms with Crippen LogP contribution in [0.15, 0.2) is 48.5 Å². The zero-order chi connectivity index (χ0) is 20.5. The molecule has 0 spiro atoms. The van der Waals surface area contributed by atoms with Crippen LogP contribution >= 0.6 is 23.2 Å². The fraction of sp³-hybridized carbons (Fsp3) is 0.364. The lowest BCUT2D eigenvalue weighted by Crippen LogP contribution is -2.48. The van der Waals surface area contributed by atoms with Gasteiger partial charge >= 0.3 is 0 Å². The van der Waals surface area contributed by atoms with Crippen LogP contribution in [-0.2, 0) is 22.6 Å². The highest BCUT2D eigenvalue weighted by Crippen LogP contribution is 2.23. The molecule has 0 bridgehead atoms. The minimum atomic E-state index is -0.611. The van der Waals surface area contributed by atoms with Crippen LogP contribution in [0.3, 0.4) is 0 Å². The highest BCUT2D eigenvalue weighted by atomic mass is 35.5. The zero-order valence-electron chi connectivity index (χ0n) is 16.3. The molecule has 150 valence electrons. The predicted molar refractivity (Wildman–Crippen MR) is 115 cm³/mol. The first kappa shape index (κ1) is 22.3. The van der Waals surface area contributed by atoms with Crippen molar-refractivity contribution in [1.29, 1.82) is 0 Å². The van der Waals surface area contributed by atoms with Crippen molar-refractivity contribution in [2.24, 2.45) is 0 Å². The van der Waals surface area contributed by atoms with Crippen molar-refractivity contribution in [3.05, 3.63) is 69.7 Å². The van der Waals surface area contributed by atoms with Crippen molar-refractivity contribution in [1.82, 2.24) is 10.2 Å².